The van der Waals surface area contributed by atoms with Gasteiger partial charge in [-0.05, 0) is 97.1 Å². The summed E-state index contributed by atoms with van der Waals surface area (Å²) in [7, 11) is -13.3. The van der Waals surface area contributed by atoms with Crippen molar-refractivity contribution in [3.63, 3.8) is 0 Å². The van der Waals surface area contributed by atoms with Crippen molar-refractivity contribution in [3.05, 3.63) is 243 Å². The molecule has 8 aromatic rings. The Hall–Kier alpha value is -2.78. The molecule has 0 unspecified atom stereocenters. The minimum Gasteiger partial charge on any atom is -0.222 e. The Balaban J connectivity index is 0.000000284. The number of benzene rings is 8. The molecule has 0 radical (unpaired) electrons. The van der Waals surface area contributed by atoms with Gasteiger partial charge < -0.3 is 0 Å². The fourth-order valence-electron chi connectivity index (χ4n) is 6.95. The van der Waals surface area contributed by atoms with Crippen molar-refractivity contribution in [3.8, 4) is 0 Å². The van der Waals surface area contributed by atoms with E-state index in [0.29, 0.717) is 0 Å². The summed E-state index contributed by atoms with van der Waals surface area (Å²) in [6.45, 7) is 0. The zero-order chi connectivity index (χ0) is 45.6. The predicted molar refractivity (Wildman–Crippen MR) is 252 cm³/mol. The van der Waals surface area contributed by atoms with Crippen molar-refractivity contribution < 1.29 is 103 Å². The zero-order valence-electron chi connectivity index (χ0n) is 35.1. The van der Waals surface area contributed by atoms with Crippen LogP contribution in [0.15, 0.2) is 243 Å². The maximum absolute atomic E-state index is 8.49. The van der Waals surface area contributed by atoms with Crippen molar-refractivity contribution >= 4 is 74.1 Å². The van der Waals surface area contributed by atoms with Gasteiger partial charge in [-0.15, -0.1) is 20.5 Å². The molecule has 0 bridgehead atoms. The third-order valence-corrected chi connectivity index (χ3v) is 23.6. The largest absolute Gasteiger partial charge is 1.00 e. The second-order valence-corrected chi connectivity index (χ2v) is 26.7. The van der Waals surface area contributed by atoms with E-state index in [1.54, 1.807) is 0 Å². The number of hydrogen-bond donors (Lipinski definition) is 0. The van der Waals surface area contributed by atoms with E-state index in [1.807, 2.05) is 0 Å². The van der Waals surface area contributed by atoms with Gasteiger partial charge in [0.15, 0.2) is 11.8 Å². The molecule has 0 aliphatic carbocycles. The van der Waals surface area contributed by atoms with Crippen LogP contribution in [0.1, 0.15) is 0 Å². The van der Waals surface area contributed by atoms with Gasteiger partial charge in [-0.2, -0.15) is 0 Å². The van der Waals surface area contributed by atoms with Crippen LogP contribution in [0.25, 0.3) is 0 Å². The summed E-state index contributed by atoms with van der Waals surface area (Å²) >= 11 is 0. The summed E-state index contributed by atoms with van der Waals surface area (Å²) in [6, 6.07) is 88.9. The van der Waals surface area contributed by atoms with E-state index in [-0.39, 0.29) is 44.8 Å². The summed E-state index contributed by atoms with van der Waals surface area (Å²) in [6.07, 6.45) is 0. The van der Waals surface area contributed by atoms with Gasteiger partial charge in [0.2, 0.25) is 0 Å². The fourth-order valence-corrected chi connectivity index (χ4v) is 22.4. The Kier molecular flexibility index (Phi) is 26.7. The molecule has 8 rings (SSSR count). The van der Waals surface area contributed by atoms with E-state index in [9.17, 15) is 0 Å². The minimum absolute atomic E-state index is 0. The molecule has 0 heterocycles. The van der Waals surface area contributed by atoms with E-state index in [4.69, 9.17) is 37.3 Å². The first-order chi connectivity index (χ1) is 30.8. The van der Waals surface area contributed by atoms with Crippen molar-refractivity contribution in [2.75, 3.05) is 11.8 Å². The van der Waals surface area contributed by atoms with Crippen LogP contribution in [-0.4, -0.2) is 11.8 Å². The molecule has 0 aliphatic rings. The second kappa shape index (κ2) is 30.7. The van der Waals surface area contributed by atoms with Crippen LogP contribution in [0, 0.1) is 20.5 Å². The number of halogens is 2. The van der Waals surface area contributed by atoms with E-state index in [0.717, 1.165) is 0 Å². The monoisotopic (exact) mass is 1360 g/mol. The molecule has 0 spiro atoms. The second-order valence-electron chi connectivity index (χ2n) is 14.0. The molecule has 16 heteroatoms. The van der Waals surface area contributed by atoms with Gasteiger partial charge in [-0.3, -0.25) is 0 Å². The Labute approximate surface area is 427 Å². The number of hydrogen-bond acceptors (Lipinski definition) is 8. The molecular formula is C50H48Au2Cl2O8P4+4. The fraction of sp³-hybridized carbons (Fsp3) is 0.0400. The molecule has 0 amide bonds. The molecule has 0 atom stereocenters. The first-order valence-electron chi connectivity index (χ1n) is 19.9. The molecule has 0 aliphatic heterocycles. The third-order valence-electron chi connectivity index (χ3n) is 9.69. The summed E-state index contributed by atoms with van der Waals surface area (Å²) in [5.74, 6) is 2.49. The molecule has 66 heavy (non-hydrogen) atoms. The van der Waals surface area contributed by atoms with E-state index < -0.39 is 52.2 Å². The van der Waals surface area contributed by atoms with Crippen LogP contribution in [0.2, 0.25) is 0 Å². The SMILES string of the molecule is [Au+].[Au+].[O-][Cl+3]([O-])([O-])[O-].[O-][Cl+3]([O-])([O-])[O-].c1ccc([PH+](C[PH+](c2ccccc2)c2ccccc2)c2ccccc2)cc1.c1ccc([PH+](C[PH+](c2ccccc2)c2ccccc2)c2ccccc2)cc1. The molecule has 0 N–H and O–H groups in total. The first kappa shape index (κ1) is 57.5. The minimum atomic E-state index is -4.94. The van der Waals surface area contributed by atoms with E-state index in [1.165, 1.54) is 54.2 Å². The summed E-state index contributed by atoms with van der Waals surface area (Å²) in [5.41, 5.74) is 0. The summed E-state index contributed by atoms with van der Waals surface area (Å²) in [5, 5.41) is 12.0. The average molecular weight is 1370 g/mol. The molecule has 0 saturated heterocycles. The Morgan fingerprint density at radius 1 is 0.212 bits per heavy atom. The third kappa shape index (κ3) is 21.7. The van der Waals surface area contributed by atoms with Crippen molar-refractivity contribution in [2.45, 2.75) is 0 Å². The van der Waals surface area contributed by atoms with Crippen molar-refractivity contribution in [2.24, 2.45) is 0 Å². The quantitative estimate of drug-likeness (QED) is 0.119. The Morgan fingerprint density at radius 2 is 0.303 bits per heavy atom. The van der Waals surface area contributed by atoms with Gasteiger partial charge in [-0.1, -0.05) is 146 Å². The van der Waals surface area contributed by atoms with Gasteiger partial charge in [0.25, 0.3) is 0 Å². The van der Waals surface area contributed by atoms with E-state index >= 15 is 0 Å². The normalized spacial score (nSPS) is 10.8. The van der Waals surface area contributed by atoms with Gasteiger partial charge in [0.1, 0.15) is 74.1 Å². The molecule has 348 valence electrons. The smallest absolute Gasteiger partial charge is 0.222 e. The summed E-state index contributed by atoms with van der Waals surface area (Å²) < 4.78 is 67.9. The van der Waals surface area contributed by atoms with Gasteiger partial charge in [0, 0.05) is 0 Å². The Morgan fingerprint density at radius 3 is 0.394 bits per heavy atom. The maximum Gasteiger partial charge on any atom is 1.00 e. The van der Waals surface area contributed by atoms with Crippen molar-refractivity contribution in [1.29, 1.82) is 0 Å². The predicted octanol–water partition coefficient (Wildman–Crippen LogP) is -0.168. The molecule has 8 nitrogen and oxygen atoms in total. The molecule has 0 aromatic heterocycles. The number of rotatable bonds is 12. The topological polar surface area (TPSA) is 184 Å². The van der Waals surface area contributed by atoms with Gasteiger partial charge in [-0.25, -0.2) is 37.3 Å². The van der Waals surface area contributed by atoms with Crippen LogP contribution in [0.3, 0.4) is 0 Å². The molecule has 0 fully saturated rings. The van der Waals surface area contributed by atoms with Crippen molar-refractivity contribution in [1.82, 2.24) is 0 Å². The zero-order valence-corrected chi connectivity index (χ0v) is 45.0. The standard InChI is InChI=1S/2C25H22P2.2Au.2ClHO4/c2*1-5-13-22(14-6-1)26(23-15-7-2-8-16-23)21-27(24-17-9-3-10-18-24)25-19-11-4-12-20-25;;;2*2-1(3,4)5/h2*1-20H,21H2;;;2*(H,2,3,4,5)/q;;2*+1;;/p+2. The first-order valence-corrected chi connectivity index (χ1v) is 29.2. The summed E-state index contributed by atoms with van der Waals surface area (Å²) in [4.78, 5) is 0. The maximum atomic E-state index is 8.49. The van der Waals surface area contributed by atoms with Crippen LogP contribution in [-0.2, 0) is 44.8 Å². The van der Waals surface area contributed by atoms with Crippen LogP contribution < -0.4 is 79.7 Å². The average Bonchev–Trinajstić information content (AvgIpc) is 3.31. The van der Waals surface area contributed by atoms with Gasteiger partial charge in [0.05, 0.1) is 0 Å². The van der Waals surface area contributed by atoms with E-state index in [2.05, 4.69) is 243 Å². The van der Waals surface area contributed by atoms with Crippen LogP contribution >= 0.6 is 31.7 Å². The Bertz CT molecular complexity index is 1950. The molecule has 0 saturated carbocycles. The molecular weight excluding hydrogens is 1320 g/mol. The molecule has 8 aromatic carbocycles. The van der Waals surface area contributed by atoms with Crippen LogP contribution in [0.4, 0.5) is 0 Å². The van der Waals surface area contributed by atoms with Gasteiger partial charge >= 0.3 is 44.8 Å². The van der Waals surface area contributed by atoms with Crippen LogP contribution in [0.5, 0.6) is 0 Å².